The SMILES string of the molecule is Nc1ncc(CN2CCC(c3ncc[nH]3)CC2)s1. The molecule has 0 radical (unpaired) electrons. The maximum Gasteiger partial charge on any atom is 0.180 e. The zero-order valence-electron chi connectivity index (χ0n) is 10.2. The molecule has 0 spiro atoms. The molecule has 1 aliphatic heterocycles. The van der Waals surface area contributed by atoms with Crippen molar-refractivity contribution in [2.75, 3.05) is 18.8 Å². The van der Waals surface area contributed by atoms with E-state index in [-0.39, 0.29) is 0 Å². The van der Waals surface area contributed by atoms with Crippen molar-refractivity contribution < 1.29 is 0 Å². The molecule has 96 valence electrons. The lowest BCUT2D eigenvalue weighted by Gasteiger charge is -2.30. The Balaban J connectivity index is 1.54. The molecule has 0 bridgehead atoms. The second kappa shape index (κ2) is 5.07. The first-order chi connectivity index (χ1) is 8.81. The Morgan fingerprint density at radius 1 is 1.39 bits per heavy atom. The average Bonchev–Trinajstić information content (AvgIpc) is 3.02. The smallest absolute Gasteiger partial charge is 0.180 e. The minimum Gasteiger partial charge on any atom is -0.375 e. The van der Waals surface area contributed by atoms with Crippen LogP contribution in [0.5, 0.6) is 0 Å². The number of likely N-dealkylation sites (tertiary alicyclic amines) is 1. The summed E-state index contributed by atoms with van der Waals surface area (Å²) in [7, 11) is 0. The van der Waals surface area contributed by atoms with Crippen LogP contribution in [0.1, 0.15) is 29.5 Å². The van der Waals surface area contributed by atoms with Gasteiger partial charge < -0.3 is 10.7 Å². The summed E-state index contributed by atoms with van der Waals surface area (Å²) >= 11 is 1.59. The zero-order chi connectivity index (χ0) is 12.4. The van der Waals surface area contributed by atoms with Crippen LogP contribution in [-0.4, -0.2) is 32.9 Å². The number of nitrogens with zero attached hydrogens (tertiary/aromatic N) is 3. The van der Waals surface area contributed by atoms with Crippen molar-refractivity contribution in [3.05, 3.63) is 29.3 Å². The van der Waals surface area contributed by atoms with Crippen LogP contribution in [0, 0.1) is 0 Å². The lowest BCUT2D eigenvalue weighted by atomic mass is 9.96. The number of nitrogen functional groups attached to an aromatic ring is 1. The molecule has 0 saturated carbocycles. The quantitative estimate of drug-likeness (QED) is 0.886. The maximum absolute atomic E-state index is 5.65. The van der Waals surface area contributed by atoms with E-state index in [4.69, 9.17) is 5.73 Å². The minimum atomic E-state index is 0.586. The number of aromatic amines is 1. The Kier molecular flexibility index (Phi) is 3.29. The van der Waals surface area contributed by atoms with Gasteiger partial charge in [0.1, 0.15) is 5.82 Å². The van der Waals surface area contributed by atoms with Crippen LogP contribution >= 0.6 is 11.3 Å². The Bertz CT molecular complexity index is 484. The molecule has 18 heavy (non-hydrogen) atoms. The molecule has 1 saturated heterocycles. The van der Waals surface area contributed by atoms with Crippen molar-refractivity contribution in [2.45, 2.75) is 25.3 Å². The lowest BCUT2D eigenvalue weighted by molar-refractivity contribution is 0.203. The van der Waals surface area contributed by atoms with Crippen molar-refractivity contribution in [3.8, 4) is 0 Å². The van der Waals surface area contributed by atoms with Gasteiger partial charge in [0.15, 0.2) is 5.13 Å². The molecule has 0 aliphatic carbocycles. The monoisotopic (exact) mass is 263 g/mol. The topological polar surface area (TPSA) is 70.8 Å². The molecular formula is C12H17N5S. The van der Waals surface area contributed by atoms with Crippen LogP contribution in [0.2, 0.25) is 0 Å². The van der Waals surface area contributed by atoms with Gasteiger partial charge in [0.05, 0.1) is 0 Å². The summed E-state index contributed by atoms with van der Waals surface area (Å²) in [5, 5.41) is 0.662. The van der Waals surface area contributed by atoms with Gasteiger partial charge in [-0.25, -0.2) is 9.97 Å². The van der Waals surface area contributed by atoms with E-state index < -0.39 is 0 Å². The molecule has 5 nitrogen and oxygen atoms in total. The van der Waals surface area contributed by atoms with E-state index in [1.807, 2.05) is 18.6 Å². The van der Waals surface area contributed by atoms with Gasteiger partial charge in [-0.05, 0) is 25.9 Å². The fourth-order valence-electron chi connectivity index (χ4n) is 2.48. The second-order valence-corrected chi connectivity index (χ2v) is 5.84. The van der Waals surface area contributed by atoms with Crippen molar-refractivity contribution in [1.82, 2.24) is 19.9 Å². The third-order valence-electron chi connectivity index (χ3n) is 3.44. The van der Waals surface area contributed by atoms with Crippen LogP contribution in [0.15, 0.2) is 18.6 Å². The highest BCUT2D eigenvalue weighted by Gasteiger charge is 2.22. The van der Waals surface area contributed by atoms with Crippen molar-refractivity contribution in [3.63, 3.8) is 0 Å². The van der Waals surface area contributed by atoms with Gasteiger partial charge >= 0.3 is 0 Å². The Hall–Kier alpha value is -1.40. The molecule has 0 amide bonds. The molecule has 1 fully saturated rings. The molecule has 0 atom stereocenters. The van der Waals surface area contributed by atoms with Gasteiger partial charge in [-0.1, -0.05) is 0 Å². The van der Waals surface area contributed by atoms with E-state index in [9.17, 15) is 0 Å². The molecule has 3 N–H and O–H groups in total. The van der Waals surface area contributed by atoms with Gasteiger partial charge in [-0.3, -0.25) is 4.90 Å². The number of hydrogen-bond acceptors (Lipinski definition) is 5. The third kappa shape index (κ3) is 2.54. The Morgan fingerprint density at radius 2 is 2.22 bits per heavy atom. The highest BCUT2D eigenvalue weighted by Crippen LogP contribution is 2.27. The van der Waals surface area contributed by atoms with E-state index in [0.717, 1.165) is 25.5 Å². The molecule has 3 heterocycles. The summed E-state index contributed by atoms with van der Waals surface area (Å²) in [6.07, 6.45) is 7.96. The fourth-order valence-corrected chi connectivity index (χ4v) is 3.21. The number of piperidine rings is 1. The average molecular weight is 263 g/mol. The normalized spacial score (nSPS) is 18.2. The van der Waals surface area contributed by atoms with Gasteiger partial charge in [0, 0.05) is 35.9 Å². The Morgan fingerprint density at radius 3 is 2.83 bits per heavy atom. The first-order valence-electron chi connectivity index (χ1n) is 6.23. The molecule has 6 heteroatoms. The number of nitrogens with two attached hydrogens (primary N) is 1. The largest absolute Gasteiger partial charge is 0.375 e. The number of nitrogens with one attached hydrogen (secondary N) is 1. The zero-order valence-corrected chi connectivity index (χ0v) is 11.0. The van der Waals surface area contributed by atoms with Gasteiger partial charge in [-0.15, -0.1) is 11.3 Å². The van der Waals surface area contributed by atoms with Crippen LogP contribution < -0.4 is 5.73 Å². The molecule has 2 aromatic rings. The van der Waals surface area contributed by atoms with E-state index in [1.165, 1.54) is 17.7 Å². The number of H-pyrrole nitrogens is 1. The van der Waals surface area contributed by atoms with Crippen LogP contribution in [-0.2, 0) is 6.54 Å². The van der Waals surface area contributed by atoms with E-state index in [2.05, 4.69) is 19.9 Å². The molecule has 0 unspecified atom stereocenters. The number of rotatable bonds is 3. The Labute approximate surface area is 110 Å². The molecule has 3 rings (SSSR count). The summed E-state index contributed by atoms with van der Waals surface area (Å²) in [5.74, 6) is 1.72. The number of thiazole rings is 1. The van der Waals surface area contributed by atoms with Crippen molar-refractivity contribution in [2.24, 2.45) is 0 Å². The van der Waals surface area contributed by atoms with Crippen LogP contribution in [0.25, 0.3) is 0 Å². The summed E-state index contributed by atoms with van der Waals surface area (Å²) in [6.45, 7) is 3.20. The first-order valence-corrected chi connectivity index (χ1v) is 7.05. The van der Waals surface area contributed by atoms with Crippen molar-refractivity contribution in [1.29, 1.82) is 0 Å². The van der Waals surface area contributed by atoms with Crippen LogP contribution in [0.4, 0.5) is 5.13 Å². The molecule has 1 aliphatic rings. The van der Waals surface area contributed by atoms with Gasteiger partial charge in [0.2, 0.25) is 0 Å². The summed E-state index contributed by atoms with van der Waals surface area (Å²) in [4.78, 5) is 15.4. The lowest BCUT2D eigenvalue weighted by Crippen LogP contribution is -2.32. The summed E-state index contributed by atoms with van der Waals surface area (Å²) in [6, 6.07) is 0. The standard InChI is InChI=1S/C12H17N5S/c13-12-16-7-10(18-12)8-17-5-1-9(2-6-17)11-14-3-4-15-11/h3-4,7,9H,1-2,5-6,8H2,(H2,13,16)(H,14,15). The van der Waals surface area contributed by atoms with Gasteiger partial charge in [-0.2, -0.15) is 0 Å². The highest BCUT2D eigenvalue weighted by atomic mass is 32.1. The molecule has 0 aromatic carbocycles. The van der Waals surface area contributed by atoms with Gasteiger partial charge in [0.25, 0.3) is 0 Å². The number of imidazole rings is 1. The van der Waals surface area contributed by atoms with E-state index in [1.54, 1.807) is 11.3 Å². The summed E-state index contributed by atoms with van der Waals surface area (Å²) < 4.78 is 0. The highest BCUT2D eigenvalue weighted by molar-refractivity contribution is 7.15. The van der Waals surface area contributed by atoms with Crippen LogP contribution in [0.3, 0.4) is 0 Å². The summed E-state index contributed by atoms with van der Waals surface area (Å²) in [5.41, 5.74) is 5.65. The molecule has 2 aromatic heterocycles. The third-order valence-corrected chi connectivity index (χ3v) is 4.26. The first kappa shape index (κ1) is 11.7. The predicted octanol–water partition coefficient (Wildman–Crippen LogP) is 1.83. The second-order valence-electron chi connectivity index (χ2n) is 4.69. The molecular weight excluding hydrogens is 246 g/mol. The predicted molar refractivity (Wildman–Crippen MR) is 72.4 cm³/mol. The minimum absolute atomic E-state index is 0.586. The van der Waals surface area contributed by atoms with E-state index >= 15 is 0 Å². The van der Waals surface area contributed by atoms with Crippen molar-refractivity contribution >= 4 is 16.5 Å². The fraction of sp³-hybridized carbons (Fsp3) is 0.500. The number of aromatic nitrogens is 3. The number of anilines is 1. The number of hydrogen-bond donors (Lipinski definition) is 2. The van der Waals surface area contributed by atoms with E-state index in [0.29, 0.717) is 11.0 Å². The maximum atomic E-state index is 5.65.